The van der Waals surface area contributed by atoms with Gasteiger partial charge in [-0.15, -0.1) is 0 Å². The molecule has 0 bridgehead atoms. The summed E-state index contributed by atoms with van der Waals surface area (Å²) in [5, 5.41) is 7.83. The van der Waals surface area contributed by atoms with E-state index in [0.717, 1.165) is 43.2 Å². The SMILES string of the molecule is CC/C(=C\C=C/Cc1nc(C2=CC=CCC2)nc(C2=CC=CCC2C)n1)c1ccc2c3ccccc3c3ccccc3c2c1. The van der Waals surface area contributed by atoms with Crippen LogP contribution in [0.3, 0.4) is 0 Å². The molecule has 0 radical (unpaired) electrons. The molecule has 3 nitrogen and oxygen atoms in total. The van der Waals surface area contributed by atoms with Crippen molar-refractivity contribution in [1.82, 2.24) is 15.0 Å². The molecule has 4 aromatic carbocycles. The molecule has 1 aromatic heterocycles. The Morgan fingerprint density at radius 1 is 0.773 bits per heavy atom. The fourth-order valence-corrected chi connectivity index (χ4v) is 6.50. The van der Waals surface area contributed by atoms with E-state index in [9.17, 15) is 0 Å². The zero-order valence-corrected chi connectivity index (χ0v) is 25.5. The molecule has 2 aliphatic carbocycles. The molecule has 0 aliphatic heterocycles. The van der Waals surface area contributed by atoms with Gasteiger partial charge in [-0.2, -0.15) is 0 Å². The minimum atomic E-state index is 0.394. The summed E-state index contributed by atoms with van der Waals surface area (Å²) < 4.78 is 0. The summed E-state index contributed by atoms with van der Waals surface area (Å²) in [6, 6.07) is 24.5. The molecular formula is C41H37N3. The van der Waals surface area contributed by atoms with Crippen molar-refractivity contribution in [3.63, 3.8) is 0 Å². The molecule has 7 rings (SSSR count). The molecule has 0 N–H and O–H groups in total. The third-order valence-corrected chi connectivity index (χ3v) is 8.90. The highest BCUT2D eigenvalue weighted by Gasteiger charge is 2.18. The first kappa shape index (κ1) is 27.9. The molecule has 1 atom stereocenters. The normalized spacial score (nSPS) is 17.1. The van der Waals surface area contributed by atoms with Crippen LogP contribution in [0.5, 0.6) is 0 Å². The van der Waals surface area contributed by atoms with Crippen LogP contribution in [0.25, 0.3) is 49.0 Å². The van der Waals surface area contributed by atoms with E-state index in [1.165, 1.54) is 54.6 Å². The molecule has 2 aliphatic rings. The predicted octanol–water partition coefficient (Wildman–Crippen LogP) is 10.6. The molecule has 1 heterocycles. The van der Waals surface area contributed by atoms with E-state index in [1.54, 1.807) is 0 Å². The Morgan fingerprint density at radius 3 is 2.14 bits per heavy atom. The lowest BCUT2D eigenvalue weighted by molar-refractivity contribution is 0.740. The van der Waals surface area contributed by atoms with Gasteiger partial charge in [0.15, 0.2) is 11.6 Å². The third kappa shape index (κ3) is 5.46. The number of aromatic nitrogens is 3. The number of rotatable bonds is 7. The lowest BCUT2D eigenvalue weighted by Crippen LogP contribution is -2.11. The molecule has 0 saturated carbocycles. The van der Waals surface area contributed by atoms with E-state index in [2.05, 4.69) is 135 Å². The monoisotopic (exact) mass is 571 g/mol. The van der Waals surface area contributed by atoms with E-state index in [-0.39, 0.29) is 0 Å². The number of allylic oxidation sites excluding steroid dienone is 12. The van der Waals surface area contributed by atoms with E-state index in [0.29, 0.717) is 12.3 Å². The van der Waals surface area contributed by atoms with Crippen molar-refractivity contribution in [2.24, 2.45) is 5.92 Å². The zero-order valence-electron chi connectivity index (χ0n) is 25.5. The van der Waals surface area contributed by atoms with Crippen molar-refractivity contribution >= 4 is 49.0 Å². The van der Waals surface area contributed by atoms with Gasteiger partial charge in [0.2, 0.25) is 0 Å². The van der Waals surface area contributed by atoms with Crippen molar-refractivity contribution in [3.05, 3.63) is 144 Å². The summed E-state index contributed by atoms with van der Waals surface area (Å²) in [5.41, 5.74) is 4.95. The molecule has 5 aromatic rings. The Labute approximate surface area is 259 Å². The van der Waals surface area contributed by atoms with Gasteiger partial charge in [0.1, 0.15) is 5.82 Å². The molecular weight excluding hydrogens is 534 g/mol. The summed E-state index contributed by atoms with van der Waals surface area (Å²) >= 11 is 0. The Balaban J connectivity index is 1.21. The Hall–Kier alpha value is -4.89. The molecule has 0 spiro atoms. The van der Waals surface area contributed by atoms with Crippen LogP contribution in [0.15, 0.2) is 121 Å². The van der Waals surface area contributed by atoms with Gasteiger partial charge in [0.05, 0.1) is 0 Å². The first-order chi connectivity index (χ1) is 21.7. The fourth-order valence-electron chi connectivity index (χ4n) is 6.50. The second kappa shape index (κ2) is 12.4. The molecule has 44 heavy (non-hydrogen) atoms. The van der Waals surface area contributed by atoms with Crippen molar-refractivity contribution < 1.29 is 0 Å². The molecule has 0 saturated heterocycles. The van der Waals surface area contributed by atoms with E-state index in [1.807, 2.05) is 0 Å². The van der Waals surface area contributed by atoms with Crippen molar-refractivity contribution in [1.29, 1.82) is 0 Å². The van der Waals surface area contributed by atoms with Crippen LogP contribution in [0, 0.1) is 5.92 Å². The van der Waals surface area contributed by atoms with Gasteiger partial charge in [-0.25, -0.2) is 15.0 Å². The van der Waals surface area contributed by atoms with Gasteiger partial charge in [-0.3, -0.25) is 0 Å². The molecule has 1 unspecified atom stereocenters. The van der Waals surface area contributed by atoms with Gasteiger partial charge < -0.3 is 0 Å². The number of nitrogens with zero attached hydrogens (tertiary/aromatic N) is 3. The average Bonchev–Trinajstić information content (AvgIpc) is 3.09. The van der Waals surface area contributed by atoms with Crippen LogP contribution in [0.4, 0.5) is 0 Å². The van der Waals surface area contributed by atoms with Crippen LogP contribution in [-0.2, 0) is 6.42 Å². The average molecular weight is 572 g/mol. The number of hydrogen-bond acceptors (Lipinski definition) is 3. The van der Waals surface area contributed by atoms with Gasteiger partial charge in [-0.1, -0.05) is 129 Å². The van der Waals surface area contributed by atoms with Crippen LogP contribution >= 0.6 is 0 Å². The molecule has 216 valence electrons. The van der Waals surface area contributed by atoms with E-state index >= 15 is 0 Å². The highest BCUT2D eigenvalue weighted by atomic mass is 15.0. The summed E-state index contributed by atoms with van der Waals surface area (Å²) in [4.78, 5) is 14.8. The van der Waals surface area contributed by atoms with Crippen molar-refractivity contribution in [2.45, 2.75) is 46.0 Å². The molecule has 3 heteroatoms. The third-order valence-electron chi connectivity index (χ3n) is 8.90. The topological polar surface area (TPSA) is 38.7 Å². The second-order valence-corrected chi connectivity index (χ2v) is 11.8. The summed E-state index contributed by atoms with van der Waals surface area (Å²) in [6.45, 7) is 4.48. The zero-order chi connectivity index (χ0) is 29.9. The smallest absolute Gasteiger partial charge is 0.159 e. The molecule has 0 amide bonds. The van der Waals surface area contributed by atoms with Gasteiger partial charge in [-0.05, 0) is 86.7 Å². The van der Waals surface area contributed by atoms with Crippen LogP contribution in [0.1, 0.15) is 62.6 Å². The number of benzene rings is 4. The minimum absolute atomic E-state index is 0.394. The second-order valence-electron chi connectivity index (χ2n) is 11.8. The molecule has 0 fully saturated rings. The van der Waals surface area contributed by atoms with Crippen LogP contribution in [-0.4, -0.2) is 15.0 Å². The van der Waals surface area contributed by atoms with Gasteiger partial charge >= 0.3 is 0 Å². The highest BCUT2D eigenvalue weighted by molar-refractivity contribution is 6.25. The number of hydrogen-bond donors (Lipinski definition) is 0. The lowest BCUT2D eigenvalue weighted by Gasteiger charge is -2.17. The summed E-state index contributed by atoms with van der Waals surface area (Å²) in [7, 11) is 0. The Kier molecular flexibility index (Phi) is 7.85. The van der Waals surface area contributed by atoms with E-state index in [4.69, 9.17) is 15.0 Å². The largest absolute Gasteiger partial charge is 0.213 e. The Bertz CT molecular complexity index is 2030. The van der Waals surface area contributed by atoms with Crippen molar-refractivity contribution in [2.75, 3.05) is 0 Å². The predicted molar refractivity (Wildman–Crippen MR) is 187 cm³/mol. The maximum Gasteiger partial charge on any atom is 0.159 e. The number of fused-ring (bicyclic) bond motifs is 6. The Morgan fingerprint density at radius 2 is 1.45 bits per heavy atom. The van der Waals surface area contributed by atoms with Gasteiger partial charge in [0, 0.05) is 12.0 Å². The van der Waals surface area contributed by atoms with Crippen LogP contribution < -0.4 is 0 Å². The van der Waals surface area contributed by atoms with Crippen LogP contribution in [0.2, 0.25) is 0 Å². The maximum absolute atomic E-state index is 4.94. The maximum atomic E-state index is 4.94. The quantitative estimate of drug-likeness (QED) is 0.144. The first-order valence-electron chi connectivity index (χ1n) is 15.9. The first-order valence-corrected chi connectivity index (χ1v) is 15.9. The standard InChI is InChI=1S/C41H37N3/c1-3-29(31-25-26-37-35-22-11-10-20-33(35)34-21-12-13-23-36(34)38(37)27-31)16-8-14-24-39-42-40(30-17-5-4-6-18-30)44-41(43-39)32-19-9-7-15-28(32)2/h4-5,7-14,16-17,19-23,25-28H,3,6,15,18,24H2,1-2H3/b14-8-,29-16+. The summed E-state index contributed by atoms with van der Waals surface area (Å²) in [5.74, 6) is 2.83. The minimum Gasteiger partial charge on any atom is -0.213 e. The highest BCUT2D eigenvalue weighted by Crippen LogP contribution is 2.36. The van der Waals surface area contributed by atoms with Gasteiger partial charge in [0.25, 0.3) is 0 Å². The summed E-state index contributed by atoms with van der Waals surface area (Å²) in [6.07, 6.45) is 24.1. The fraction of sp³-hybridized carbons (Fsp3) is 0.195. The lowest BCUT2D eigenvalue weighted by atomic mass is 9.91. The van der Waals surface area contributed by atoms with Crippen molar-refractivity contribution in [3.8, 4) is 0 Å². The van der Waals surface area contributed by atoms with E-state index < -0.39 is 0 Å².